The lowest BCUT2D eigenvalue weighted by molar-refractivity contribution is -0.139. The number of aromatic nitrogens is 1. The molecule has 1 saturated heterocycles. The van der Waals surface area contributed by atoms with E-state index in [9.17, 15) is 4.79 Å². The normalized spacial score (nSPS) is 17.4. The van der Waals surface area contributed by atoms with Crippen molar-refractivity contribution in [1.82, 2.24) is 9.88 Å². The van der Waals surface area contributed by atoms with Crippen LogP contribution in [0.15, 0.2) is 46.9 Å². The molecule has 164 valence electrons. The smallest absolute Gasteiger partial charge is 0.341 e. The van der Waals surface area contributed by atoms with E-state index in [4.69, 9.17) is 25.9 Å². The van der Waals surface area contributed by atoms with Crippen LogP contribution in [0.5, 0.6) is 5.75 Å². The van der Waals surface area contributed by atoms with Gasteiger partial charge < -0.3 is 19.2 Å². The molecule has 0 saturated carbocycles. The minimum Gasteiger partial charge on any atom is -0.482 e. The van der Waals surface area contributed by atoms with Gasteiger partial charge in [-0.3, -0.25) is 4.90 Å². The van der Waals surface area contributed by atoms with Gasteiger partial charge in [0.2, 0.25) is 0 Å². The minimum atomic E-state index is -0.984. The number of benzene rings is 2. The fraction of sp³-hybridized carbons (Fsp3) is 0.391. The molecular formula is C23H26ClN3O4. The Balaban J connectivity index is 1.46. The van der Waals surface area contributed by atoms with Gasteiger partial charge in [-0.2, -0.15) is 4.98 Å². The maximum Gasteiger partial charge on any atom is 0.341 e. The number of piperazine rings is 1. The van der Waals surface area contributed by atoms with Gasteiger partial charge in [0.05, 0.1) is 0 Å². The average Bonchev–Trinajstić information content (AvgIpc) is 3.15. The SMILES string of the molecule is CC(C)[C@H]1CN(Cc2cccc(OCC(=O)O)c2)CCN1c1nc2ccc(Cl)cc2o1. The van der Waals surface area contributed by atoms with Gasteiger partial charge in [-0.25, -0.2) is 4.79 Å². The monoisotopic (exact) mass is 443 g/mol. The first-order valence-corrected chi connectivity index (χ1v) is 10.8. The van der Waals surface area contributed by atoms with Crippen molar-refractivity contribution in [2.75, 3.05) is 31.1 Å². The molecule has 7 nitrogen and oxygen atoms in total. The fourth-order valence-corrected chi connectivity index (χ4v) is 4.13. The first kappa shape index (κ1) is 21.5. The van der Waals surface area contributed by atoms with Crippen molar-refractivity contribution >= 4 is 34.7 Å². The fourth-order valence-electron chi connectivity index (χ4n) is 3.97. The van der Waals surface area contributed by atoms with Crippen molar-refractivity contribution in [1.29, 1.82) is 0 Å². The molecule has 1 aliphatic heterocycles. The Morgan fingerprint density at radius 3 is 2.90 bits per heavy atom. The van der Waals surface area contributed by atoms with E-state index in [2.05, 4.69) is 28.6 Å². The van der Waals surface area contributed by atoms with Gasteiger partial charge in [0.25, 0.3) is 6.01 Å². The molecule has 1 atom stereocenters. The topological polar surface area (TPSA) is 79.0 Å². The standard InChI is InChI=1S/C23H26ClN3O4/c1-15(2)20-13-26(12-16-4-3-5-18(10-16)30-14-22(28)29)8-9-27(20)23-25-19-7-6-17(24)11-21(19)31-23/h3-7,10-11,15,20H,8-9,12-14H2,1-2H3,(H,28,29)/t20-/m1/s1. The molecule has 0 bridgehead atoms. The summed E-state index contributed by atoms with van der Waals surface area (Å²) in [6.07, 6.45) is 0. The molecule has 31 heavy (non-hydrogen) atoms. The molecule has 1 aromatic heterocycles. The summed E-state index contributed by atoms with van der Waals surface area (Å²) in [5.41, 5.74) is 2.60. The van der Waals surface area contributed by atoms with E-state index in [0.29, 0.717) is 28.3 Å². The molecule has 1 fully saturated rings. The number of hydrogen-bond acceptors (Lipinski definition) is 6. The zero-order chi connectivity index (χ0) is 22.0. The van der Waals surface area contributed by atoms with Crippen LogP contribution in [-0.4, -0.2) is 53.2 Å². The van der Waals surface area contributed by atoms with E-state index in [0.717, 1.165) is 37.3 Å². The summed E-state index contributed by atoms with van der Waals surface area (Å²) in [6.45, 7) is 7.39. The minimum absolute atomic E-state index is 0.253. The zero-order valence-electron chi connectivity index (χ0n) is 17.6. The maximum atomic E-state index is 10.7. The molecule has 3 aromatic rings. The maximum absolute atomic E-state index is 10.7. The average molecular weight is 444 g/mol. The second-order valence-electron chi connectivity index (χ2n) is 8.18. The lowest BCUT2D eigenvalue weighted by atomic mass is 9.99. The largest absolute Gasteiger partial charge is 0.482 e. The van der Waals surface area contributed by atoms with E-state index in [1.807, 2.05) is 30.3 Å². The third-order valence-electron chi connectivity index (χ3n) is 5.52. The molecular weight excluding hydrogens is 418 g/mol. The highest BCUT2D eigenvalue weighted by Crippen LogP contribution is 2.29. The van der Waals surface area contributed by atoms with Crippen LogP contribution < -0.4 is 9.64 Å². The van der Waals surface area contributed by atoms with Gasteiger partial charge in [0.1, 0.15) is 11.3 Å². The van der Waals surface area contributed by atoms with Crippen molar-refractivity contribution in [3.05, 3.63) is 53.1 Å². The quantitative estimate of drug-likeness (QED) is 0.583. The molecule has 0 spiro atoms. The summed E-state index contributed by atoms with van der Waals surface area (Å²) in [6, 6.07) is 14.0. The van der Waals surface area contributed by atoms with Gasteiger partial charge in [-0.1, -0.05) is 37.6 Å². The van der Waals surface area contributed by atoms with Crippen LogP contribution in [0.25, 0.3) is 11.1 Å². The number of halogens is 1. The van der Waals surface area contributed by atoms with Gasteiger partial charge in [0.15, 0.2) is 12.2 Å². The number of nitrogens with zero attached hydrogens (tertiary/aromatic N) is 3. The number of oxazole rings is 1. The molecule has 4 rings (SSSR count). The Kier molecular flexibility index (Phi) is 6.34. The number of carbonyl (C=O) groups is 1. The molecule has 8 heteroatoms. The number of fused-ring (bicyclic) bond motifs is 1. The molecule has 0 radical (unpaired) electrons. The molecule has 1 aliphatic rings. The van der Waals surface area contributed by atoms with E-state index in [1.165, 1.54) is 0 Å². The summed E-state index contributed by atoms with van der Waals surface area (Å²) in [4.78, 5) is 20.1. The van der Waals surface area contributed by atoms with Crippen LogP contribution in [0.4, 0.5) is 6.01 Å². The number of carboxylic acid groups (broad SMARTS) is 1. The predicted octanol–water partition coefficient (Wildman–Crippen LogP) is 4.29. The number of aliphatic carboxylic acids is 1. The summed E-state index contributed by atoms with van der Waals surface area (Å²) in [5, 5.41) is 9.44. The molecule has 0 unspecified atom stereocenters. The van der Waals surface area contributed by atoms with Crippen molar-refractivity contribution in [3.8, 4) is 5.75 Å². The lowest BCUT2D eigenvalue weighted by Crippen LogP contribution is -2.55. The summed E-state index contributed by atoms with van der Waals surface area (Å²) >= 11 is 6.09. The number of hydrogen-bond donors (Lipinski definition) is 1. The Morgan fingerprint density at radius 1 is 1.29 bits per heavy atom. The molecule has 1 N–H and O–H groups in total. The van der Waals surface area contributed by atoms with Crippen molar-refractivity contribution < 1.29 is 19.1 Å². The third kappa shape index (κ3) is 5.11. The van der Waals surface area contributed by atoms with Gasteiger partial charge in [-0.05, 0) is 35.7 Å². The highest BCUT2D eigenvalue weighted by Gasteiger charge is 2.32. The molecule has 0 amide bonds. The second kappa shape index (κ2) is 9.16. The Bertz CT molecular complexity index is 1070. The van der Waals surface area contributed by atoms with E-state index in [-0.39, 0.29) is 12.6 Å². The highest BCUT2D eigenvalue weighted by molar-refractivity contribution is 6.31. The van der Waals surface area contributed by atoms with Crippen LogP contribution in [-0.2, 0) is 11.3 Å². The molecule has 2 heterocycles. The Labute approximate surface area is 186 Å². The van der Waals surface area contributed by atoms with Crippen molar-refractivity contribution in [2.24, 2.45) is 5.92 Å². The molecule has 0 aliphatic carbocycles. The van der Waals surface area contributed by atoms with Crippen LogP contribution >= 0.6 is 11.6 Å². The van der Waals surface area contributed by atoms with E-state index in [1.54, 1.807) is 12.1 Å². The number of anilines is 1. The second-order valence-corrected chi connectivity index (χ2v) is 8.61. The van der Waals surface area contributed by atoms with E-state index < -0.39 is 5.97 Å². The summed E-state index contributed by atoms with van der Waals surface area (Å²) in [5.74, 6) is -0.00140. The third-order valence-corrected chi connectivity index (χ3v) is 5.76. The summed E-state index contributed by atoms with van der Waals surface area (Å²) < 4.78 is 11.3. The van der Waals surface area contributed by atoms with Crippen LogP contribution in [0, 0.1) is 5.92 Å². The van der Waals surface area contributed by atoms with Crippen LogP contribution in [0.2, 0.25) is 5.02 Å². The van der Waals surface area contributed by atoms with Gasteiger partial charge in [0, 0.05) is 43.3 Å². The van der Waals surface area contributed by atoms with E-state index >= 15 is 0 Å². The Morgan fingerprint density at radius 2 is 2.13 bits per heavy atom. The predicted molar refractivity (Wildman–Crippen MR) is 120 cm³/mol. The number of ether oxygens (including phenoxy) is 1. The van der Waals surface area contributed by atoms with Crippen molar-refractivity contribution in [2.45, 2.75) is 26.4 Å². The first-order valence-electron chi connectivity index (χ1n) is 10.4. The van der Waals surface area contributed by atoms with Crippen LogP contribution in [0.1, 0.15) is 19.4 Å². The molecule has 2 aromatic carbocycles. The first-order chi connectivity index (χ1) is 14.9. The number of carboxylic acids is 1. The van der Waals surface area contributed by atoms with Gasteiger partial charge >= 0.3 is 5.97 Å². The summed E-state index contributed by atoms with van der Waals surface area (Å²) in [7, 11) is 0. The van der Waals surface area contributed by atoms with Gasteiger partial charge in [-0.15, -0.1) is 0 Å². The number of rotatable bonds is 7. The Hall–Kier alpha value is -2.77. The zero-order valence-corrected chi connectivity index (χ0v) is 18.4. The van der Waals surface area contributed by atoms with Crippen LogP contribution in [0.3, 0.4) is 0 Å². The van der Waals surface area contributed by atoms with Crippen molar-refractivity contribution in [3.63, 3.8) is 0 Å². The lowest BCUT2D eigenvalue weighted by Gasteiger charge is -2.42. The highest BCUT2D eigenvalue weighted by atomic mass is 35.5.